The van der Waals surface area contributed by atoms with E-state index < -0.39 is 18.0 Å². The number of methoxy groups -OCH3 is 1. The topological polar surface area (TPSA) is 90.7 Å². The van der Waals surface area contributed by atoms with Crippen LogP contribution in [0, 0.1) is 0 Å². The molecule has 0 fully saturated rings. The van der Waals surface area contributed by atoms with Crippen LogP contribution in [0.3, 0.4) is 0 Å². The summed E-state index contributed by atoms with van der Waals surface area (Å²) in [6.07, 6.45) is 0.349. The third-order valence-corrected chi connectivity index (χ3v) is 5.61. The number of aromatic nitrogens is 1. The molecular formula is C29H22N2O5. The molecule has 7 heteroatoms. The van der Waals surface area contributed by atoms with E-state index in [1.165, 1.54) is 0 Å². The van der Waals surface area contributed by atoms with Crippen LogP contribution < -0.4 is 10.1 Å². The lowest BCUT2D eigenvalue weighted by Crippen LogP contribution is -2.26. The largest absolute Gasteiger partial charge is 0.497 e. The summed E-state index contributed by atoms with van der Waals surface area (Å²) in [5, 5.41) is 3.43. The maximum Gasteiger partial charge on any atom is 0.340 e. The maximum absolute atomic E-state index is 13.5. The summed E-state index contributed by atoms with van der Waals surface area (Å²) in [7, 11) is 1.55. The molecule has 0 bridgehead atoms. The molecule has 1 atom stereocenters. The number of ether oxygens (including phenoxy) is 2. The second-order valence-corrected chi connectivity index (χ2v) is 7.97. The Morgan fingerprint density at radius 1 is 0.889 bits per heavy atom. The second-order valence-electron chi connectivity index (χ2n) is 7.97. The standard InChI is InChI=1S/C29H22N2O5/c1-34-21-12-7-11-20(17-21)30-28(32)27(19-9-3-2-4-10-19)36-29(33)23-18-25(26-15-8-16-35-26)31-24-14-6-5-13-22(23)24/h2-18,27H,1H3,(H,30,32). The molecule has 5 aromatic rings. The van der Waals surface area contributed by atoms with Crippen molar-refractivity contribution in [2.45, 2.75) is 6.10 Å². The van der Waals surface area contributed by atoms with Gasteiger partial charge in [-0.15, -0.1) is 0 Å². The van der Waals surface area contributed by atoms with Gasteiger partial charge in [-0.2, -0.15) is 0 Å². The van der Waals surface area contributed by atoms with Gasteiger partial charge in [0.05, 0.1) is 24.5 Å². The molecule has 0 saturated carbocycles. The Morgan fingerprint density at radius 3 is 2.47 bits per heavy atom. The minimum atomic E-state index is -1.19. The summed E-state index contributed by atoms with van der Waals surface area (Å²) in [6, 6.07) is 28.2. The van der Waals surface area contributed by atoms with Gasteiger partial charge >= 0.3 is 5.97 Å². The van der Waals surface area contributed by atoms with E-state index in [4.69, 9.17) is 13.9 Å². The lowest BCUT2D eigenvalue weighted by Gasteiger charge is -2.19. The fourth-order valence-electron chi connectivity index (χ4n) is 3.87. The predicted molar refractivity (Wildman–Crippen MR) is 136 cm³/mol. The number of benzene rings is 3. The van der Waals surface area contributed by atoms with E-state index in [1.807, 2.05) is 24.3 Å². The highest BCUT2D eigenvalue weighted by molar-refractivity contribution is 6.06. The zero-order chi connectivity index (χ0) is 24.9. The summed E-state index contributed by atoms with van der Waals surface area (Å²) in [5.41, 5.74) is 2.43. The van der Waals surface area contributed by atoms with E-state index in [0.29, 0.717) is 39.4 Å². The molecule has 36 heavy (non-hydrogen) atoms. The number of nitrogens with one attached hydrogen (secondary N) is 1. The number of furan rings is 1. The molecule has 5 rings (SSSR count). The van der Waals surface area contributed by atoms with Crippen molar-refractivity contribution in [2.24, 2.45) is 0 Å². The van der Waals surface area contributed by atoms with Crippen LogP contribution in [0.1, 0.15) is 22.0 Å². The van der Waals surface area contributed by atoms with E-state index in [9.17, 15) is 9.59 Å². The lowest BCUT2D eigenvalue weighted by molar-refractivity contribution is -0.125. The molecule has 178 valence electrons. The Hall–Kier alpha value is -4.91. The van der Waals surface area contributed by atoms with Crippen molar-refractivity contribution in [3.63, 3.8) is 0 Å². The number of anilines is 1. The first kappa shape index (κ1) is 22.9. The van der Waals surface area contributed by atoms with Gasteiger partial charge in [-0.1, -0.05) is 54.6 Å². The highest BCUT2D eigenvalue weighted by Crippen LogP contribution is 2.28. The van der Waals surface area contributed by atoms with Crippen molar-refractivity contribution >= 4 is 28.5 Å². The number of fused-ring (bicyclic) bond motifs is 1. The van der Waals surface area contributed by atoms with Gasteiger partial charge in [0.1, 0.15) is 11.4 Å². The van der Waals surface area contributed by atoms with Gasteiger partial charge in [0, 0.05) is 22.7 Å². The molecule has 7 nitrogen and oxygen atoms in total. The summed E-state index contributed by atoms with van der Waals surface area (Å²) >= 11 is 0. The van der Waals surface area contributed by atoms with Gasteiger partial charge in [-0.3, -0.25) is 4.79 Å². The lowest BCUT2D eigenvalue weighted by atomic mass is 10.1. The highest BCUT2D eigenvalue weighted by atomic mass is 16.5. The van der Waals surface area contributed by atoms with E-state index >= 15 is 0 Å². The Labute approximate surface area is 207 Å². The van der Waals surface area contributed by atoms with E-state index in [1.54, 1.807) is 86.2 Å². The molecule has 0 saturated heterocycles. The number of amides is 1. The molecule has 0 radical (unpaired) electrons. The highest BCUT2D eigenvalue weighted by Gasteiger charge is 2.27. The maximum atomic E-state index is 13.5. The fraction of sp³-hybridized carbons (Fsp3) is 0.0690. The Balaban J connectivity index is 1.50. The van der Waals surface area contributed by atoms with Gasteiger partial charge in [-0.05, 0) is 36.4 Å². The number of carbonyl (C=O) groups excluding carboxylic acids is 2. The van der Waals surface area contributed by atoms with Crippen molar-refractivity contribution < 1.29 is 23.5 Å². The summed E-state index contributed by atoms with van der Waals surface area (Å²) in [5.74, 6) is -0.0385. The van der Waals surface area contributed by atoms with E-state index in [-0.39, 0.29) is 5.56 Å². The van der Waals surface area contributed by atoms with Crippen molar-refractivity contribution in [2.75, 3.05) is 12.4 Å². The van der Waals surface area contributed by atoms with Crippen molar-refractivity contribution in [1.82, 2.24) is 4.98 Å². The van der Waals surface area contributed by atoms with Gasteiger partial charge in [0.15, 0.2) is 5.76 Å². The normalized spacial score (nSPS) is 11.6. The fourth-order valence-corrected chi connectivity index (χ4v) is 3.87. The number of para-hydroxylation sites is 1. The smallest absolute Gasteiger partial charge is 0.340 e. The summed E-state index contributed by atoms with van der Waals surface area (Å²) in [4.78, 5) is 31.5. The summed E-state index contributed by atoms with van der Waals surface area (Å²) in [6.45, 7) is 0. The molecule has 1 amide bonds. The second kappa shape index (κ2) is 10.1. The third-order valence-electron chi connectivity index (χ3n) is 5.61. The van der Waals surface area contributed by atoms with Crippen LogP contribution >= 0.6 is 0 Å². The number of pyridine rings is 1. The van der Waals surface area contributed by atoms with Crippen LogP contribution in [0.2, 0.25) is 0 Å². The number of esters is 1. The summed E-state index contributed by atoms with van der Waals surface area (Å²) < 4.78 is 16.6. The minimum absolute atomic E-state index is 0.280. The van der Waals surface area contributed by atoms with Crippen LogP contribution in [0.5, 0.6) is 5.75 Å². The van der Waals surface area contributed by atoms with Crippen molar-refractivity contribution in [3.05, 3.63) is 114 Å². The predicted octanol–water partition coefficient (Wildman–Crippen LogP) is 6.04. The molecule has 0 aliphatic heterocycles. The first-order valence-electron chi connectivity index (χ1n) is 11.3. The Bertz CT molecular complexity index is 1510. The number of carbonyl (C=O) groups is 2. The zero-order valence-electron chi connectivity index (χ0n) is 19.4. The first-order valence-corrected chi connectivity index (χ1v) is 11.3. The van der Waals surface area contributed by atoms with Gasteiger partial charge in [0.25, 0.3) is 5.91 Å². The molecule has 2 heterocycles. The molecular weight excluding hydrogens is 456 g/mol. The molecule has 1 N–H and O–H groups in total. The van der Waals surface area contributed by atoms with Crippen LogP contribution in [0.4, 0.5) is 5.69 Å². The third kappa shape index (κ3) is 4.81. The van der Waals surface area contributed by atoms with Crippen LogP contribution in [-0.4, -0.2) is 24.0 Å². The number of hydrogen-bond acceptors (Lipinski definition) is 6. The van der Waals surface area contributed by atoms with Gasteiger partial charge in [0.2, 0.25) is 6.10 Å². The Morgan fingerprint density at radius 2 is 1.69 bits per heavy atom. The van der Waals surface area contributed by atoms with Crippen LogP contribution in [0.15, 0.2) is 108 Å². The monoisotopic (exact) mass is 478 g/mol. The number of nitrogens with zero attached hydrogens (tertiary/aromatic N) is 1. The molecule has 3 aromatic carbocycles. The number of rotatable bonds is 7. The van der Waals surface area contributed by atoms with Crippen molar-refractivity contribution in [1.29, 1.82) is 0 Å². The van der Waals surface area contributed by atoms with Crippen LogP contribution in [-0.2, 0) is 9.53 Å². The Kier molecular flexibility index (Phi) is 6.44. The van der Waals surface area contributed by atoms with Crippen LogP contribution in [0.25, 0.3) is 22.4 Å². The average molecular weight is 479 g/mol. The van der Waals surface area contributed by atoms with Gasteiger partial charge in [-0.25, -0.2) is 9.78 Å². The molecule has 0 aliphatic rings. The zero-order valence-corrected chi connectivity index (χ0v) is 19.4. The molecule has 2 aromatic heterocycles. The van der Waals surface area contributed by atoms with E-state index in [2.05, 4.69) is 10.3 Å². The first-order chi connectivity index (χ1) is 17.6. The SMILES string of the molecule is COc1cccc(NC(=O)C(OC(=O)c2cc(-c3ccco3)nc3ccccc23)c2ccccc2)c1. The molecule has 1 unspecified atom stereocenters. The molecule has 0 aliphatic carbocycles. The quantitative estimate of drug-likeness (QED) is 0.287. The number of hydrogen-bond donors (Lipinski definition) is 1. The van der Waals surface area contributed by atoms with Crippen molar-refractivity contribution in [3.8, 4) is 17.2 Å². The van der Waals surface area contributed by atoms with Gasteiger partial charge < -0.3 is 19.2 Å². The average Bonchev–Trinajstić information content (AvgIpc) is 3.47. The molecule has 0 spiro atoms. The minimum Gasteiger partial charge on any atom is -0.497 e. The van der Waals surface area contributed by atoms with E-state index in [0.717, 1.165) is 0 Å².